The molecule has 11 nitrogen and oxygen atoms in total. The van der Waals surface area contributed by atoms with E-state index in [1.54, 1.807) is 0 Å². The third-order valence-corrected chi connectivity index (χ3v) is 8.66. The van der Waals surface area contributed by atoms with E-state index in [-0.39, 0.29) is 42.1 Å². The van der Waals surface area contributed by atoms with Crippen LogP contribution in [0, 0.1) is 0 Å². The highest BCUT2D eigenvalue weighted by atomic mass is 32.2. The number of carbonyl (C=O) groups is 1. The van der Waals surface area contributed by atoms with Crippen molar-refractivity contribution in [1.82, 2.24) is 19.7 Å². The summed E-state index contributed by atoms with van der Waals surface area (Å²) in [5, 5.41) is 26.6. The van der Waals surface area contributed by atoms with E-state index >= 15 is 0 Å². The van der Waals surface area contributed by atoms with Gasteiger partial charge in [-0.05, 0) is 18.9 Å². The number of aromatic nitrogens is 4. The molecule has 1 aliphatic carbocycles. The molecule has 2 aromatic heterocycles. The number of rotatable bonds is 9. The van der Waals surface area contributed by atoms with Crippen molar-refractivity contribution in [1.29, 1.82) is 0 Å². The smallest absolute Gasteiger partial charge is 0.357 e. The summed E-state index contributed by atoms with van der Waals surface area (Å²) < 4.78 is 30.8. The van der Waals surface area contributed by atoms with Gasteiger partial charge in [-0.1, -0.05) is 19.6 Å². The van der Waals surface area contributed by atoms with Gasteiger partial charge in [0.15, 0.2) is 11.3 Å². The molecule has 0 spiro atoms. The minimum absolute atomic E-state index is 0.0485. The number of hydrogen-bond acceptors (Lipinski definition) is 9. The Labute approximate surface area is 181 Å². The van der Waals surface area contributed by atoms with Crippen molar-refractivity contribution < 1.29 is 28.2 Å². The number of ether oxygens (including phenoxy) is 1. The largest absolute Gasteiger partial charge is 0.476 e. The number of carboxylic acid groups (broad SMARTS) is 1. The zero-order valence-electron chi connectivity index (χ0n) is 18.1. The summed E-state index contributed by atoms with van der Waals surface area (Å²) in [6.07, 6.45) is 1.82. The van der Waals surface area contributed by atoms with Crippen LogP contribution in [-0.4, -0.2) is 82.7 Å². The average molecular weight is 472 g/mol. The minimum Gasteiger partial charge on any atom is -0.476 e. The number of nitrogens with zero attached hydrogens (tertiary/aromatic N) is 4. The van der Waals surface area contributed by atoms with Crippen LogP contribution in [0.2, 0.25) is 25.7 Å². The molecular formula is C18H29N5O6SSi. The van der Waals surface area contributed by atoms with E-state index in [9.17, 15) is 23.4 Å². The number of nitrogens with one attached hydrogen (secondary N) is 1. The van der Waals surface area contributed by atoms with Crippen molar-refractivity contribution in [2.75, 3.05) is 18.2 Å². The molecule has 0 amide bonds. The van der Waals surface area contributed by atoms with Crippen LogP contribution in [0.5, 0.6) is 0 Å². The quantitative estimate of drug-likeness (QED) is 0.358. The van der Waals surface area contributed by atoms with Crippen molar-refractivity contribution in [3.8, 4) is 0 Å². The molecule has 0 aliphatic heterocycles. The molecular weight excluding hydrogens is 442 g/mol. The van der Waals surface area contributed by atoms with Crippen LogP contribution < -0.4 is 5.32 Å². The highest BCUT2D eigenvalue weighted by Gasteiger charge is 2.39. The fraction of sp³-hybridized carbons (Fsp3) is 0.667. The van der Waals surface area contributed by atoms with Crippen molar-refractivity contribution in [3.63, 3.8) is 0 Å². The minimum atomic E-state index is -3.30. The predicted octanol–water partition coefficient (Wildman–Crippen LogP) is 1.19. The number of sulfone groups is 1. The lowest BCUT2D eigenvalue weighted by atomic mass is 10.2. The highest BCUT2D eigenvalue weighted by molar-refractivity contribution is 7.91. The van der Waals surface area contributed by atoms with E-state index in [4.69, 9.17) is 4.74 Å². The van der Waals surface area contributed by atoms with Gasteiger partial charge in [0.1, 0.15) is 28.7 Å². The summed E-state index contributed by atoms with van der Waals surface area (Å²) in [6.45, 7) is 7.29. The maximum atomic E-state index is 11.9. The fourth-order valence-corrected chi connectivity index (χ4v) is 5.40. The summed E-state index contributed by atoms with van der Waals surface area (Å²) in [5.41, 5.74) is 0.0501. The Morgan fingerprint density at radius 2 is 2.03 bits per heavy atom. The number of hydrogen-bond donors (Lipinski definition) is 3. The zero-order chi connectivity index (χ0) is 23.0. The number of anilines is 1. The average Bonchev–Trinajstić information content (AvgIpc) is 3.20. The van der Waals surface area contributed by atoms with Crippen LogP contribution in [-0.2, 0) is 21.3 Å². The Kier molecular flexibility index (Phi) is 6.69. The van der Waals surface area contributed by atoms with Crippen LogP contribution in [0.3, 0.4) is 0 Å². The highest BCUT2D eigenvalue weighted by Crippen LogP contribution is 2.30. The van der Waals surface area contributed by atoms with E-state index in [1.807, 2.05) is 0 Å². The van der Waals surface area contributed by atoms with E-state index in [2.05, 4.69) is 40.0 Å². The first kappa shape index (κ1) is 23.6. The normalized spacial score (nSPS) is 22.2. The molecule has 2 unspecified atom stereocenters. The van der Waals surface area contributed by atoms with Gasteiger partial charge < -0.3 is 20.3 Å². The lowest BCUT2D eigenvalue weighted by molar-refractivity contribution is 0.0675. The Morgan fingerprint density at radius 1 is 1.32 bits per heavy atom. The third-order valence-electron chi connectivity index (χ3n) is 5.36. The molecule has 0 saturated heterocycles. The zero-order valence-corrected chi connectivity index (χ0v) is 19.9. The Bertz CT molecular complexity index is 1070. The standard InChI is InChI=1S/C18H29N5O6SSi/c1-30(27,28)11-7-12(13(24)8-11)21-16-14-15(18(25)26)22-23(17(14)20-9-19-16)10-29-5-6-31(2,3)4/h9,11-13,24H,5-8,10H2,1-4H3,(H,25,26)(H,19,20,21)/t11?,12?,13-/m1/s1. The molecule has 1 saturated carbocycles. The van der Waals surface area contributed by atoms with Gasteiger partial charge in [0.2, 0.25) is 0 Å². The molecule has 31 heavy (non-hydrogen) atoms. The van der Waals surface area contributed by atoms with Gasteiger partial charge in [-0.15, -0.1) is 0 Å². The molecule has 0 bridgehead atoms. The number of aliphatic hydroxyl groups is 1. The second-order valence-electron chi connectivity index (χ2n) is 9.16. The monoisotopic (exact) mass is 471 g/mol. The SMILES string of the molecule is C[Si](C)(C)CCOCn1nc(C(=O)O)c2c(NC3CC(S(C)(=O)=O)C[C@H]3O)ncnc21. The first-order valence-electron chi connectivity index (χ1n) is 10.0. The second kappa shape index (κ2) is 8.80. The summed E-state index contributed by atoms with van der Waals surface area (Å²) in [6, 6.07) is 0.372. The van der Waals surface area contributed by atoms with Gasteiger partial charge >= 0.3 is 5.97 Å². The number of aromatic carboxylic acids is 1. The third kappa shape index (κ3) is 5.59. The van der Waals surface area contributed by atoms with Crippen molar-refractivity contribution in [2.45, 2.75) is 62.7 Å². The van der Waals surface area contributed by atoms with Gasteiger partial charge in [-0.3, -0.25) is 0 Å². The van der Waals surface area contributed by atoms with E-state index < -0.39 is 41.3 Å². The predicted molar refractivity (Wildman–Crippen MR) is 118 cm³/mol. The van der Waals surface area contributed by atoms with Gasteiger partial charge in [-0.2, -0.15) is 5.10 Å². The maximum absolute atomic E-state index is 11.9. The Balaban J connectivity index is 1.86. The summed E-state index contributed by atoms with van der Waals surface area (Å²) >= 11 is 0. The van der Waals surface area contributed by atoms with E-state index in [0.717, 1.165) is 12.3 Å². The summed E-state index contributed by atoms with van der Waals surface area (Å²) in [7, 11) is -4.57. The van der Waals surface area contributed by atoms with Crippen LogP contribution in [0.1, 0.15) is 23.3 Å². The fourth-order valence-electron chi connectivity index (χ4n) is 3.54. The van der Waals surface area contributed by atoms with Crippen molar-refractivity contribution >= 4 is 40.7 Å². The molecule has 13 heteroatoms. The van der Waals surface area contributed by atoms with E-state index in [0.29, 0.717) is 6.61 Å². The number of aliphatic hydroxyl groups excluding tert-OH is 1. The Morgan fingerprint density at radius 3 is 2.61 bits per heavy atom. The van der Waals surface area contributed by atoms with Crippen molar-refractivity contribution in [2.24, 2.45) is 0 Å². The molecule has 1 fully saturated rings. The van der Waals surface area contributed by atoms with Crippen LogP contribution >= 0.6 is 0 Å². The van der Waals surface area contributed by atoms with Crippen molar-refractivity contribution in [3.05, 3.63) is 12.0 Å². The van der Waals surface area contributed by atoms with Gasteiger partial charge in [-0.25, -0.2) is 27.9 Å². The van der Waals surface area contributed by atoms with E-state index in [1.165, 1.54) is 11.0 Å². The lowest BCUT2D eigenvalue weighted by Gasteiger charge is -2.17. The molecule has 1 aliphatic rings. The maximum Gasteiger partial charge on any atom is 0.357 e. The molecule has 3 atom stereocenters. The topological polar surface area (TPSA) is 157 Å². The number of fused-ring (bicyclic) bond motifs is 1. The van der Waals surface area contributed by atoms with Crippen LogP contribution in [0.4, 0.5) is 5.82 Å². The van der Waals surface area contributed by atoms with Crippen LogP contribution in [0.25, 0.3) is 11.0 Å². The van der Waals surface area contributed by atoms with Gasteiger partial charge in [0, 0.05) is 20.9 Å². The molecule has 2 heterocycles. The molecule has 0 aromatic carbocycles. The molecule has 0 radical (unpaired) electrons. The first-order chi connectivity index (χ1) is 14.4. The second-order valence-corrected chi connectivity index (χ2v) is 17.1. The van der Waals surface area contributed by atoms with Gasteiger partial charge in [0.25, 0.3) is 0 Å². The molecule has 172 valence electrons. The molecule has 3 N–H and O–H groups in total. The number of carboxylic acids is 1. The molecule has 3 rings (SSSR count). The molecule has 2 aromatic rings. The summed E-state index contributed by atoms with van der Waals surface area (Å²) in [4.78, 5) is 20.1. The lowest BCUT2D eigenvalue weighted by Crippen LogP contribution is -2.28. The van der Waals surface area contributed by atoms with Crippen LogP contribution in [0.15, 0.2) is 6.33 Å². The summed E-state index contributed by atoms with van der Waals surface area (Å²) in [5.74, 6) is -1.06. The first-order valence-corrected chi connectivity index (χ1v) is 15.7. The Hall–Kier alpha value is -2.09. The van der Waals surface area contributed by atoms with Gasteiger partial charge in [0.05, 0.1) is 22.8 Å².